The third-order valence-electron chi connectivity index (χ3n) is 2.75. The molecule has 13 heavy (non-hydrogen) atoms. The molecule has 1 aromatic carbocycles. The molecule has 0 aromatic heterocycles. The molecule has 1 aromatic rings. The van der Waals surface area contributed by atoms with Gasteiger partial charge in [0.25, 0.3) is 0 Å². The monoisotopic (exact) mass is 239 g/mol. The van der Waals surface area contributed by atoms with Crippen LogP contribution in [0.5, 0.6) is 0 Å². The first kappa shape index (κ1) is 9.07. The van der Waals surface area contributed by atoms with Crippen molar-refractivity contribution in [3.8, 4) is 0 Å². The van der Waals surface area contributed by atoms with E-state index in [2.05, 4.69) is 53.3 Å². The fourth-order valence-electron chi connectivity index (χ4n) is 1.95. The number of rotatable bonds is 1. The van der Waals surface area contributed by atoms with E-state index >= 15 is 0 Å². The molecule has 2 rings (SSSR count). The summed E-state index contributed by atoms with van der Waals surface area (Å²) in [6, 6.07) is 6.44. The lowest BCUT2D eigenvalue weighted by molar-refractivity contribution is 0.533. The van der Waals surface area contributed by atoms with Crippen molar-refractivity contribution in [2.45, 2.75) is 19.8 Å². The Hall–Kier alpha value is -0.500. The van der Waals surface area contributed by atoms with Gasteiger partial charge in [0.15, 0.2) is 0 Å². The normalized spacial score (nSPS) is 20.2. The van der Waals surface area contributed by atoms with Gasteiger partial charge in [-0.2, -0.15) is 0 Å². The molecule has 1 aliphatic rings. The van der Waals surface area contributed by atoms with Gasteiger partial charge in [0, 0.05) is 16.9 Å². The van der Waals surface area contributed by atoms with Gasteiger partial charge in [-0.05, 0) is 33.5 Å². The van der Waals surface area contributed by atoms with Crippen LogP contribution in [0.4, 0.5) is 5.69 Å². The number of fused-ring (bicyclic) bond motifs is 1. The van der Waals surface area contributed by atoms with Gasteiger partial charge in [-0.3, -0.25) is 0 Å². The van der Waals surface area contributed by atoms with Gasteiger partial charge >= 0.3 is 0 Å². The fraction of sp³-hybridized carbons (Fsp3) is 0.455. The average Bonchev–Trinajstić information content (AvgIpc) is 2.48. The number of nitrogens with one attached hydrogen (secondary N) is 1. The van der Waals surface area contributed by atoms with Crippen LogP contribution in [-0.4, -0.2) is 6.54 Å². The molecule has 1 unspecified atom stereocenters. The molecule has 1 aliphatic heterocycles. The van der Waals surface area contributed by atoms with Crippen LogP contribution in [0.1, 0.15) is 25.3 Å². The summed E-state index contributed by atoms with van der Waals surface area (Å²) in [5, 5.41) is 3.45. The number of halogens is 1. The maximum Gasteiger partial charge on any atom is 0.0520 e. The molecule has 1 N–H and O–H groups in total. The van der Waals surface area contributed by atoms with Gasteiger partial charge in [-0.25, -0.2) is 0 Å². The molecule has 0 saturated carbocycles. The highest BCUT2D eigenvalue weighted by molar-refractivity contribution is 9.10. The Bertz CT molecular complexity index is 320. The van der Waals surface area contributed by atoms with E-state index in [1.54, 1.807) is 0 Å². The Morgan fingerprint density at radius 1 is 1.46 bits per heavy atom. The quantitative estimate of drug-likeness (QED) is 0.790. The van der Waals surface area contributed by atoms with Crippen LogP contribution >= 0.6 is 15.9 Å². The molecule has 1 atom stereocenters. The van der Waals surface area contributed by atoms with E-state index in [4.69, 9.17) is 0 Å². The minimum atomic E-state index is 0.674. The second-order valence-electron chi connectivity index (χ2n) is 3.94. The molecule has 0 aliphatic carbocycles. The first-order chi connectivity index (χ1) is 6.20. The van der Waals surface area contributed by atoms with E-state index in [-0.39, 0.29) is 0 Å². The third-order valence-corrected chi connectivity index (χ3v) is 3.41. The Labute approximate surface area is 87.7 Å². The second-order valence-corrected chi connectivity index (χ2v) is 4.79. The SMILES string of the molecule is CC(C)C1CNc2c(Br)cccc21. The van der Waals surface area contributed by atoms with Gasteiger partial charge in [0.2, 0.25) is 0 Å². The fourth-order valence-corrected chi connectivity index (χ4v) is 2.47. The van der Waals surface area contributed by atoms with Crippen LogP contribution in [0.25, 0.3) is 0 Å². The predicted octanol–water partition coefficient (Wildman–Crippen LogP) is 3.61. The molecule has 0 amide bonds. The van der Waals surface area contributed by atoms with Crippen LogP contribution < -0.4 is 5.32 Å². The van der Waals surface area contributed by atoms with E-state index in [1.165, 1.54) is 15.7 Å². The Kier molecular flexibility index (Phi) is 2.33. The summed E-state index contributed by atoms with van der Waals surface area (Å²) in [6.07, 6.45) is 0. The zero-order chi connectivity index (χ0) is 9.42. The molecule has 1 nitrogen and oxygen atoms in total. The van der Waals surface area contributed by atoms with Gasteiger partial charge in [-0.1, -0.05) is 26.0 Å². The molecule has 1 heterocycles. The predicted molar refractivity (Wildman–Crippen MR) is 60.2 cm³/mol. The summed E-state index contributed by atoms with van der Waals surface area (Å²) in [6.45, 7) is 5.64. The number of anilines is 1. The van der Waals surface area contributed by atoms with Crippen molar-refractivity contribution in [2.75, 3.05) is 11.9 Å². The van der Waals surface area contributed by atoms with E-state index in [9.17, 15) is 0 Å². The first-order valence-electron chi connectivity index (χ1n) is 4.72. The number of hydrogen-bond donors (Lipinski definition) is 1. The zero-order valence-electron chi connectivity index (χ0n) is 7.97. The molecule has 2 heteroatoms. The molecule has 0 radical (unpaired) electrons. The van der Waals surface area contributed by atoms with Crippen molar-refractivity contribution >= 4 is 21.6 Å². The van der Waals surface area contributed by atoms with Crippen LogP contribution in [0.2, 0.25) is 0 Å². The van der Waals surface area contributed by atoms with Gasteiger partial charge < -0.3 is 5.32 Å². The van der Waals surface area contributed by atoms with Crippen molar-refractivity contribution < 1.29 is 0 Å². The minimum Gasteiger partial charge on any atom is -0.383 e. The lowest BCUT2D eigenvalue weighted by Gasteiger charge is -2.13. The van der Waals surface area contributed by atoms with Crippen LogP contribution in [0.15, 0.2) is 22.7 Å². The lowest BCUT2D eigenvalue weighted by atomic mass is 9.90. The van der Waals surface area contributed by atoms with Gasteiger partial charge in [0.1, 0.15) is 0 Å². The highest BCUT2D eigenvalue weighted by Gasteiger charge is 2.25. The van der Waals surface area contributed by atoms with E-state index in [1.807, 2.05) is 0 Å². The molecule has 0 spiro atoms. The lowest BCUT2D eigenvalue weighted by Crippen LogP contribution is -2.08. The highest BCUT2D eigenvalue weighted by Crippen LogP contribution is 2.40. The van der Waals surface area contributed by atoms with E-state index in [0.29, 0.717) is 11.8 Å². The first-order valence-corrected chi connectivity index (χ1v) is 5.51. The average molecular weight is 240 g/mol. The maximum absolute atomic E-state index is 3.56. The highest BCUT2D eigenvalue weighted by atomic mass is 79.9. The summed E-state index contributed by atoms with van der Waals surface area (Å²) in [4.78, 5) is 0. The van der Waals surface area contributed by atoms with Crippen molar-refractivity contribution in [1.29, 1.82) is 0 Å². The molecule has 0 bridgehead atoms. The smallest absolute Gasteiger partial charge is 0.0520 e. The number of hydrogen-bond acceptors (Lipinski definition) is 1. The van der Waals surface area contributed by atoms with Crippen molar-refractivity contribution in [3.05, 3.63) is 28.2 Å². The Balaban J connectivity index is 2.43. The molecule has 0 saturated heterocycles. The largest absolute Gasteiger partial charge is 0.383 e. The van der Waals surface area contributed by atoms with Crippen LogP contribution in [-0.2, 0) is 0 Å². The summed E-state index contributed by atoms with van der Waals surface area (Å²) < 4.78 is 1.19. The zero-order valence-corrected chi connectivity index (χ0v) is 9.56. The van der Waals surface area contributed by atoms with Crippen LogP contribution in [0.3, 0.4) is 0 Å². The van der Waals surface area contributed by atoms with Crippen molar-refractivity contribution in [2.24, 2.45) is 5.92 Å². The molecular formula is C11H14BrN. The summed E-state index contributed by atoms with van der Waals surface area (Å²) >= 11 is 3.56. The van der Waals surface area contributed by atoms with Gasteiger partial charge in [0.05, 0.1) is 5.69 Å². The van der Waals surface area contributed by atoms with Gasteiger partial charge in [-0.15, -0.1) is 0 Å². The Morgan fingerprint density at radius 3 is 2.92 bits per heavy atom. The molecule has 0 fully saturated rings. The Morgan fingerprint density at radius 2 is 2.23 bits per heavy atom. The topological polar surface area (TPSA) is 12.0 Å². The third kappa shape index (κ3) is 1.48. The summed E-state index contributed by atoms with van der Waals surface area (Å²) in [7, 11) is 0. The second kappa shape index (κ2) is 3.33. The molecule has 70 valence electrons. The standard InChI is InChI=1S/C11H14BrN/c1-7(2)9-6-13-11-8(9)4-3-5-10(11)12/h3-5,7,9,13H,6H2,1-2H3. The summed E-state index contributed by atoms with van der Waals surface area (Å²) in [5.74, 6) is 1.38. The van der Waals surface area contributed by atoms with E-state index < -0.39 is 0 Å². The molecular weight excluding hydrogens is 226 g/mol. The van der Waals surface area contributed by atoms with Crippen molar-refractivity contribution in [1.82, 2.24) is 0 Å². The minimum absolute atomic E-state index is 0.674. The van der Waals surface area contributed by atoms with E-state index in [0.717, 1.165) is 6.54 Å². The summed E-state index contributed by atoms with van der Waals surface area (Å²) in [5.41, 5.74) is 2.76. The maximum atomic E-state index is 3.56. The number of para-hydroxylation sites is 1. The number of benzene rings is 1. The van der Waals surface area contributed by atoms with Crippen molar-refractivity contribution in [3.63, 3.8) is 0 Å². The van der Waals surface area contributed by atoms with Crippen LogP contribution in [0, 0.1) is 5.92 Å².